The van der Waals surface area contributed by atoms with E-state index in [1.807, 2.05) is 18.2 Å². The van der Waals surface area contributed by atoms with Crippen molar-refractivity contribution < 1.29 is 29.7 Å². The molecule has 6 N–H and O–H groups in total. The van der Waals surface area contributed by atoms with E-state index in [4.69, 9.17) is 0 Å². The van der Waals surface area contributed by atoms with E-state index in [2.05, 4.69) is 29.1 Å². The maximum absolute atomic E-state index is 11.5. The molecular weight excluding hydrogens is 390 g/mol. The van der Waals surface area contributed by atoms with E-state index in [1.165, 1.54) is 6.08 Å². The first kappa shape index (κ1) is 20.2. The Morgan fingerprint density at radius 3 is 1.83 bits per heavy atom. The maximum Gasteiger partial charge on any atom is 0.409 e. The molecule has 9 nitrogen and oxygen atoms in total. The molecule has 0 aliphatic rings. The number of anilines is 3. The van der Waals surface area contributed by atoms with Crippen molar-refractivity contribution in [1.82, 2.24) is 0 Å². The summed E-state index contributed by atoms with van der Waals surface area (Å²) >= 11 is 0. The predicted molar refractivity (Wildman–Crippen MR) is 117 cm³/mol. The lowest BCUT2D eigenvalue weighted by molar-refractivity contribution is 0.208. The minimum atomic E-state index is -1.50. The Balaban J connectivity index is 2.66. The average molecular weight is 407 g/mol. The van der Waals surface area contributed by atoms with Gasteiger partial charge in [0, 0.05) is 16.3 Å². The van der Waals surface area contributed by atoms with Gasteiger partial charge in [-0.05, 0) is 22.4 Å². The van der Waals surface area contributed by atoms with Crippen molar-refractivity contribution in [3.63, 3.8) is 0 Å². The second-order valence-electron chi connectivity index (χ2n) is 6.17. The van der Waals surface area contributed by atoms with Crippen molar-refractivity contribution in [3.05, 3.63) is 54.6 Å². The summed E-state index contributed by atoms with van der Waals surface area (Å²) in [7, 11) is 0. The molecule has 30 heavy (non-hydrogen) atoms. The third-order valence-corrected chi connectivity index (χ3v) is 4.50. The minimum absolute atomic E-state index is 0.122. The lowest BCUT2D eigenvalue weighted by Crippen LogP contribution is -2.18. The Labute approximate surface area is 169 Å². The van der Waals surface area contributed by atoms with Crippen LogP contribution in [0.15, 0.2) is 43.5 Å². The van der Waals surface area contributed by atoms with E-state index in [-0.39, 0.29) is 22.6 Å². The molecule has 152 valence electrons. The van der Waals surface area contributed by atoms with E-state index >= 15 is 0 Å². The predicted octanol–water partition coefficient (Wildman–Crippen LogP) is 5.55. The van der Waals surface area contributed by atoms with Crippen LogP contribution < -0.4 is 16.0 Å². The lowest BCUT2D eigenvalue weighted by Gasteiger charge is -2.22. The van der Waals surface area contributed by atoms with E-state index in [0.717, 1.165) is 10.8 Å². The molecule has 3 rings (SSSR count). The smallest absolute Gasteiger partial charge is 0.409 e. The highest BCUT2D eigenvalue weighted by Crippen LogP contribution is 2.46. The zero-order valence-corrected chi connectivity index (χ0v) is 15.5. The molecule has 0 bridgehead atoms. The fourth-order valence-corrected chi connectivity index (χ4v) is 3.50. The molecule has 0 saturated carbocycles. The molecule has 0 spiro atoms. The topological polar surface area (TPSA) is 148 Å². The summed E-state index contributed by atoms with van der Waals surface area (Å²) in [5.41, 5.74) is 0.340. The van der Waals surface area contributed by atoms with Gasteiger partial charge in [0.2, 0.25) is 0 Å². The maximum atomic E-state index is 11.5. The van der Waals surface area contributed by atoms with Gasteiger partial charge in [-0.3, -0.25) is 16.0 Å². The Morgan fingerprint density at radius 2 is 1.27 bits per heavy atom. The summed E-state index contributed by atoms with van der Waals surface area (Å²) in [5.74, 6) is 0. The average Bonchev–Trinajstić information content (AvgIpc) is 2.68. The van der Waals surface area contributed by atoms with Gasteiger partial charge in [0.1, 0.15) is 0 Å². The highest BCUT2D eigenvalue weighted by atomic mass is 16.4. The summed E-state index contributed by atoms with van der Waals surface area (Å²) in [6.07, 6.45) is -1.49. The first-order valence-corrected chi connectivity index (χ1v) is 8.58. The van der Waals surface area contributed by atoms with Crippen LogP contribution in [-0.4, -0.2) is 33.6 Å². The number of fused-ring (bicyclic) bond motifs is 2. The van der Waals surface area contributed by atoms with Crippen LogP contribution in [0.1, 0.15) is 11.1 Å². The van der Waals surface area contributed by atoms with Crippen LogP contribution in [-0.2, 0) is 0 Å². The van der Waals surface area contributed by atoms with E-state index in [1.54, 1.807) is 18.2 Å². The van der Waals surface area contributed by atoms with Gasteiger partial charge in [0.05, 0.1) is 17.1 Å². The summed E-state index contributed by atoms with van der Waals surface area (Å²) in [4.78, 5) is 34.3. The number of rotatable bonds is 5. The molecule has 3 amide bonds. The van der Waals surface area contributed by atoms with E-state index in [9.17, 15) is 29.7 Å². The van der Waals surface area contributed by atoms with Crippen molar-refractivity contribution in [2.75, 3.05) is 16.0 Å². The van der Waals surface area contributed by atoms with Crippen LogP contribution in [0.5, 0.6) is 0 Å². The first-order valence-electron chi connectivity index (χ1n) is 8.58. The van der Waals surface area contributed by atoms with Gasteiger partial charge in [-0.25, -0.2) is 14.4 Å². The molecule has 0 radical (unpaired) electrons. The molecule has 0 heterocycles. The molecule has 0 aromatic heterocycles. The second-order valence-corrected chi connectivity index (χ2v) is 6.17. The Bertz CT molecular complexity index is 1250. The van der Waals surface area contributed by atoms with Crippen LogP contribution in [0, 0.1) is 0 Å². The lowest BCUT2D eigenvalue weighted by atomic mass is 9.90. The largest absolute Gasteiger partial charge is 0.465 e. The highest BCUT2D eigenvalue weighted by molar-refractivity contribution is 6.22. The molecule has 9 heteroatoms. The number of nitrogens with one attached hydrogen (secondary N) is 3. The SMILES string of the molecule is C=Cc1c(NC(=O)O)c(NC(=O)O)c(NC(=O)O)c2cc3ccccc3c(C=C)c12. The number of carboxylic acid groups (broad SMARTS) is 3. The highest BCUT2D eigenvalue weighted by Gasteiger charge is 2.24. The molecule has 0 atom stereocenters. The van der Waals surface area contributed by atoms with Crippen molar-refractivity contribution in [1.29, 1.82) is 0 Å². The summed E-state index contributed by atoms with van der Waals surface area (Å²) < 4.78 is 0. The van der Waals surface area contributed by atoms with Crippen molar-refractivity contribution in [2.24, 2.45) is 0 Å². The molecule has 0 unspecified atom stereocenters. The van der Waals surface area contributed by atoms with Gasteiger partial charge in [-0.2, -0.15) is 0 Å². The van der Waals surface area contributed by atoms with Gasteiger partial charge in [0.15, 0.2) is 0 Å². The minimum Gasteiger partial charge on any atom is -0.465 e. The van der Waals surface area contributed by atoms with Crippen LogP contribution in [0.25, 0.3) is 33.7 Å². The Hall–Kier alpha value is -4.53. The van der Waals surface area contributed by atoms with Gasteiger partial charge in [0.25, 0.3) is 0 Å². The number of benzene rings is 3. The van der Waals surface area contributed by atoms with Crippen molar-refractivity contribution in [2.45, 2.75) is 0 Å². The van der Waals surface area contributed by atoms with Crippen molar-refractivity contribution >= 4 is 69.0 Å². The fourth-order valence-electron chi connectivity index (χ4n) is 3.50. The normalized spacial score (nSPS) is 10.4. The number of hydrogen-bond donors (Lipinski definition) is 6. The number of amides is 3. The van der Waals surface area contributed by atoms with Crippen LogP contribution in [0.4, 0.5) is 31.4 Å². The van der Waals surface area contributed by atoms with Gasteiger partial charge < -0.3 is 15.3 Å². The first-order chi connectivity index (χ1) is 14.3. The number of hydrogen-bond acceptors (Lipinski definition) is 3. The van der Waals surface area contributed by atoms with E-state index in [0.29, 0.717) is 16.3 Å². The summed E-state index contributed by atoms with van der Waals surface area (Å²) in [6.45, 7) is 7.58. The quantitative estimate of drug-likeness (QED) is 0.306. The van der Waals surface area contributed by atoms with Crippen molar-refractivity contribution in [3.8, 4) is 0 Å². The van der Waals surface area contributed by atoms with Gasteiger partial charge >= 0.3 is 18.3 Å². The monoisotopic (exact) mass is 407 g/mol. The Kier molecular flexibility index (Phi) is 5.28. The fraction of sp³-hybridized carbons (Fsp3) is 0. The van der Waals surface area contributed by atoms with E-state index < -0.39 is 18.3 Å². The molecule has 3 aromatic carbocycles. The standard InChI is InChI=1S/C21H17N3O6/c1-3-11-13-8-6-5-7-10(13)9-14-15(11)12(4-2)16(22-19(25)26)18(24-21(29)30)17(14)23-20(27)28/h3-9,22-24H,1-2H2,(H,25,26)(H,27,28)(H,29,30). The molecule has 0 aliphatic carbocycles. The summed E-state index contributed by atoms with van der Waals surface area (Å²) in [6, 6.07) is 8.97. The zero-order valence-electron chi connectivity index (χ0n) is 15.5. The molecule has 3 aromatic rings. The molecule has 0 aliphatic heterocycles. The van der Waals surface area contributed by atoms with Gasteiger partial charge in [-0.15, -0.1) is 0 Å². The third kappa shape index (κ3) is 3.47. The number of carbonyl (C=O) groups is 3. The zero-order chi connectivity index (χ0) is 22.0. The third-order valence-electron chi connectivity index (χ3n) is 4.50. The summed E-state index contributed by atoms with van der Waals surface area (Å²) in [5, 5.41) is 36.8. The molecular formula is C21H17N3O6. The van der Waals surface area contributed by atoms with Crippen LogP contribution >= 0.6 is 0 Å². The van der Waals surface area contributed by atoms with Gasteiger partial charge in [-0.1, -0.05) is 49.6 Å². The van der Waals surface area contributed by atoms with Crippen LogP contribution in [0.3, 0.4) is 0 Å². The second kappa shape index (κ2) is 7.84. The Morgan fingerprint density at radius 1 is 0.733 bits per heavy atom. The molecule has 0 saturated heterocycles. The molecule has 0 fully saturated rings. The van der Waals surface area contributed by atoms with Crippen LogP contribution in [0.2, 0.25) is 0 Å².